The molecule has 7 heteroatoms. The molecule has 0 heterocycles. The summed E-state index contributed by atoms with van der Waals surface area (Å²) in [5.41, 5.74) is 0. The lowest BCUT2D eigenvalue weighted by Crippen LogP contribution is -2.35. The van der Waals surface area contributed by atoms with Crippen LogP contribution in [-0.2, 0) is 23.8 Å². The number of alkyl halides is 1. The number of Topliss-reactive ketones (excluding diaryl/α,β-unsaturated/α-hetero) is 1. The average molecular weight is 377 g/mol. The Morgan fingerprint density at radius 3 is 1.92 bits per heavy atom. The van der Waals surface area contributed by atoms with Crippen molar-refractivity contribution in [2.45, 2.75) is 47.2 Å². The molecular formula is C19H36FNO5. The Labute approximate surface area is 157 Å². The Morgan fingerprint density at radius 2 is 1.38 bits per heavy atom. The summed E-state index contributed by atoms with van der Waals surface area (Å²) in [4.78, 5) is 22.7. The SMILES string of the molecule is CC(C)C(=O)COCCOCCOCCC(C)C(F)CNC(=O)C(C)C. The van der Waals surface area contributed by atoms with Crippen molar-refractivity contribution in [2.24, 2.45) is 17.8 Å². The summed E-state index contributed by atoms with van der Waals surface area (Å²) in [5, 5.41) is 2.60. The van der Waals surface area contributed by atoms with Crippen molar-refractivity contribution in [3.05, 3.63) is 0 Å². The second kappa shape index (κ2) is 15.1. The number of amides is 1. The monoisotopic (exact) mass is 377 g/mol. The van der Waals surface area contributed by atoms with Gasteiger partial charge in [-0.2, -0.15) is 0 Å². The van der Waals surface area contributed by atoms with Gasteiger partial charge in [-0.25, -0.2) is 4.39 Å². The average Bonchev–Trinajstić information content (AvgIpc) is 2.59. The highest BCUT2D eigenvalue weighted by atomic mass is 19.1. The molecule has 0 aliphatic heterocycles. The molecule has 2 unspecified atom stereocenters. The summed E-state index contributed by atoms with van der Waals surface area (Å²) in [6.07, 6.45) is -0.498. The van der Waals surface area contributed by atoms with E-state index in [0.29, 0.717) is 39.5 Å². The Balaban J connectivity index is 3.48. The number of ketones is 1. The molecule has 6 nitrogen and oxygen atoms in total. The summed E-state index contributed by atoms with van der Waals surface area (Å²) in [5.74, 6) is -0.387. The number of hydrogen-bond donors (Lipinski definition) is 1. The predicted molar refractivity (Wildman–Crippen MR) is 98.8 cm³/mol. The summed E-state index contributed by atoms with van der Waals surface area (Å²) in [6.45, 7) is 11.3. The minimum Gasteiger partial charge on any atom is -0.379 e. The molecule has 0 aliphatic rings. The van der Waals surface area contributed by atoms with Crippen LogP contribution in [0.2, 0.25) is 0 Å². The maximum Gasteiger partial charge on any atom is 0.222 e. The highest BCUT2D eigenvalue weighted by Crippen LogP contribution is 2.11. The molecule has 154 valence electrons. The number of halogens is 1. The number of rotatable bonds is 16. The van der Waals surface area contributed by atoms with E-state index >= 15 is 0 Å². The predicted octanol–water partition coefficient (Wildman–Crippen LogP) is 2.40. The molecule has 0 rings (SSSR count). The molecular weight excluding hydrogens is 341 g/mol. The first-order valence-corrected chi connectivity index (χ1v) is 9.43. The van der Waals surface area contributed by atoms with Gasteiger partial charge in [0.25, 0.3) is 0 Å². The molecule has 0 bridgehead atoms. The largest absolute Gasteiger partial charge is 0.379 e. The van der Waals surface area contributed by atoms with Crippen LogP contribution in [0.1, 0.15) is 41.0 Å². The third kappa shape index (κ3) is 13.2. The van der Waals surface area contributed by atoms with E-state index in [9.17, 15) is 14.0 Å². The second-order valence-corrected chi connectivity index (χ2v) is 7.08. The Bertz CT molecular complexity index is 390. The molecule has 0 aromatic heterocycles. The van der Waals surface area contributed by atoms with Gasteiger partial charge in [0.05, 0.1) is 26.4 Å². The van der Waals surface area contributed by atoms with E-state index in [1.165, 1.54) is 0 Å². The van der Waals surface area contributed by atoms with E-state index in [0.717, 1.165) is 0 Å². The molecule has 1 amide bonds. The van der Waals surface area contributed by atoms with Crippen molar-refractivity contribution in [2.75, 3.05) is 46.2 Å². The molecule has 1 N–H and O–H groups in total. The highest BCUT2D eigenvalue weighted by molar-refractivity contribution is 5.81. The van der Waals surface area contributed by atoms with E-state index < -0.39 is 6.17 Å². The van der Waals surface area contributed by atoms with Crippen molar-refractivity contribution in [1.82, 2.24) is 5.32 Å². The molecule has 0 aliphatic carbocycles. The van der Waals surface area contributed by atoms with Crippen LogP contribution < -0.4 is 5.32 Å². The summed E-state index contributed by atoms with van der Waals surface area (Å²) in [6, 6.07) is 0. The van der Waals surface area contributed by atoms with Crippen LogP contribution >= 0.6 is 0 Å². The maximum atomic E-state index is 13.9. The Morgan fingerprint density at radius 1 is 0.846 bits per heavy atom. The zero-order valence-electron chi connectivity index (χ0n) is 16.9. The van der Waals surface area contributed by atoms with Crippen LogP contribution in [-0.4, -0.2) is 64.0 Å². The van der Waals surface area contributed by atoms with E-state index in [4.69, 9.17) is 14.2 Å². The van der Waals surface area contributed by atoms with Crippen molar-refractivity contribution in [3.8, 4) is 0 Å². The fourth-order valence-corrected chi connectivity index (χ4v) is 1.83. The van der Waals surface area contributed by atoms with Crippen LogP contribution in [0, 0.1) is 17.8 Å². The van der Waals surface area contributed by atoms with Gasteiger partial charge in [-0.05, 0) is 12.3 Å². The first-order chi connectivity index (χ1) is 12.3. The highest BCUT2D eigenvalue weighted by Gasteiger charge is 2.17. The molecule has 0 radical (unpaired) electrons. The van der Waals surface area contributed by atoms with E-state index in [1.54, 1.807) is 13.8 Å². The minimum atomic E-state index is -1.08. The molecule has 0 saturated heterocycles. The van der Waals surface area contributed by atoms with E-state index in [2.05, 4.69) is 5.32 Å². The fourth-order valence-electron chi connectivity index (χ4n) is 1.83. The van der Waals surface area contributed by atoms with Crippen molar-refractivity contribution < 1.29 is 28.2 Å². The molecule has 0 spiro atoms. The van der Waals surface area contributed by atoms with Crippen molar-refractivity contribution >= 4 is 11.7 Å². The smallest absolute Gasteiger partial charge is 0.222 e. The Kier molecular flexibility index (Phi) is 14.4. The van der Waals surface area contributed by atoms with Gasteiger partial charge >= 0.3 is 0 Å². The standard InChI is InChI=1S/C19H36FNO5/c1-14(2)18(22)13-26-11-10-25-9-8-24-7-6-16(5)17(20)12-21-19(23)15(3)4/h14-17H,6-13H2,1-5H3,(H,21,23). The van der Waals surface area contributed by atoms with Crippen LogP contribution in [0.25, 0.3) is 0 Å². The maximum absolute atomic E-state index is 13.9. The third-order valence-corrected chi connectivity index (χ3v) is 3.96. The van der Waals surface area contributed by atoms with Crippen LogP contribution in [0.5, 0.6) is 0 Å². The van der Waals surface area contributed by atoms with Gasteiger partial charge in [-0.1, -0.05) is 34.6 Å². The zero-order valence-corrected chi connectivity index (χ0v) is 16.9. The van der Waals surface area contributed by atoms with E-state index in [-0.39, 0.29) is 42.6 Å². The number of nitrogens with one attached hydrogen (secondary N) is 1. The molecule has 0 aromatic carbocycles. The zero-order chi connectivity index (χ0) is 19.9. The summed E-state index contributed by atoms with van der Waals surface area (Å²) < 4.78 is 29.9. The van der Waals surface area contributed by atoms with Gasteiger partial charge in [0, 0.05) is 25.0 Å². The van der Waals surface area contributed by atoms with Gasteiger partial charge in [0.1, 0.15) is 12.8 Å². The second-order valence-electron chi connectivity index (χ2n) is 7.08. The topological polar surface area (TPSA) is 73.9 Å². The molecule has 26 heavy (non-hydrogen) atoms. The van der Waals surface area contributed by atoms with Crippen molar-refractivity contribution in [1.29, 1.82) is 0 Å². The number of carbonyl (C=O) groups is 2. The first-order valence-electron chi connectivity index (χ1n) is 9.43. The quantitative estimate of drug-likeness (QED) is 0.418. The van der Waals surface area contributed by atoms with Gasteiger partial charge in [0.15, 0.2) is 5.78 Å². The number of ether oxygens (including phenoxy) is 3. The lowest BCUT2D eigenvalue weighted by molar-refractivity contribution is -0.127. The molecule has 0 saturated carbocycles. The number of hydrogen-bond acceptors (Lipinski definition) is 5. The minimum absolute atomic E-state index is 0.0119. The van der Waals surface area contributed by atoms with Gasteiger partial charge in [0.2, 0.25) is 5.91 Å². The lowest BCUT2D eigenvalue weighted by atomic mass is 10.0. The third-order valence-electron chi connectivity index (χ3n) is 3.96. The summed E-state index contributed by atoms with van der Waals surface area (Å²) >= 11 is 0. The van der Waals surface area contributed by atoms with Gasteiger partial charge in [-0.15, -0.1) is 0 Å². The van der Waals surface area contributed by atoms with E-state index in [1.807, 2.05) is 20.8 Å². The first kappa shape index (κ1) is 24.9. The fraction of sp³-hybridized carbons (Fsp3) is 0.895. The number of carbonyl (C=O) groups excluding carboxylic acids is 2. The van der Waals surface area contributed by atoms with Crippen LogP contribution in [0.15, 0.2) is 0 Å². The van der Waals surface area contributed by atoms with Crippen LogP contribution in [0.3, 0.4) is 0 Å². The van der Waals surface area contributed by atoms with Crippen LogP contribution in [0.4, 0.5) is 4.39 Å². The summed E-state index contributed by atoms with van der Waals surface area (Å²) in [7, 11) is 0. The lowest BCUT2D eigenvalue weighted by Gasteiger charge is -2.18. The molecule has 0 fully saturated rings. The normalized spacial score (nSPS) is 13.8. The molecule has 2 atom stereocenters. The van der Waals surface area contributed by atoms with Gasteiger partial charge in [-0.3, -0.25) is 9.59 Å². The van der Waals surface area contributed by atoms with Gasteiger partial charge < -0.3 is 19.5 Å². The Hall–Kier alpha value is -1.05. The van der Waals surface area contributed by atoms with Crippen molar-refractivity contribution in [3.63, 3.8) is 0 Å². The molecule has 0 aromatic rings.